The smallest absolute Gasteiger partial charge is 0.0641 e. The predicted molar refractivity (Wildman–Crippen MR) is 77.7 cm³/mol. The second-order valence-electron chi connectivity index (χ2n) is 5.36. The molecule has 1 aliphatic heterocycles. The minimum atomic E-state index is 0.154. The number of nitrogens with one attached hydrogen (secondary N) is 1. The average molecular weight is 257 g/mol. The predicted octanol–water partition coefficient (Wildman–Crippen LogP) is 2.72. The van der Waals surface area contributed by atoms with Gasteiger partial charge in [0.25, 0.3) is 0 Å². The molecule has 3 nitrogen and oxygen atoms in total. The molecule has 0 bridgehead atoms. The van der Waals surface area contributed by atoms with Crippen molar-refractivity contribution in [2.24, 2.45) is 0 Å². The van der Waals surface area contributed by atoms with Crippen LogP contribution in [0.3, 0.4) is 0 Å². The molecule has 102 valence electrons. The van der Waals surface area contributed by atoms with Gasteiger partial charge in [0, 0.05) is 18.6 Å². The van der Waals surface area contributed by atoms with Crippen molar-refractivity contribution in [3.05, 3.63) is 35.9 Å². The molecule has 2 rings (SSSR count). The van der Waals surface area contributed by atoms with Gasteiger partial charge in [-0.2, -0.15) is 5.26 Å². The highest BCUT2D eigenvalue weighted by Crippen LogP contribution is 2.18. The number of rotatable bonds is 5. The zero-order valence-electron chi connectivity index (χ0n) is 11.7. The molecule has 0 saturated carbocycles. The van der Waals surface area contributed by atoms with Crippen LogP contribution >= 0.6 is 0 Å². The molecule has 1 N–H and O–H groups in total. The Kier molecular flexibility index (Phi) is 5.38. The summed E-state index contributed by atoms with van der Waals surface area (Å²) >= 11 is 0. The quantitative estimate of drug-likeness (QED) is 0.881. The van der Waals surface area contributed by atoms with Crippen LogP contribution in [0.25, 0.3) is 0 Å². The average Bonchev–Trinajstić information content (AvgIpc) is 2.46. The highest BCUT2D eigenvalue weighted by molar-refractivity contribution is 5.19. The topological polar surface area (TPSA) is 39.1 Å². The summed E-state index contributed by atoms with van der Waals surface area (Å²) in [5.41, 5.74) is 1.21. The fraction of sp³-hybridized carbons (Fsp3) is 0.562. The molecule has 1 aromatic carbocycles. The summed E-state index contributed by atoms with van der Waals surface area (Å²) in [5.74, 6) is 0. The van der Waals surface area contributed by atoms with Gasteiger partial charge in [0.15, 0.2) is 0 Å². The normalized spacial score (nSPS) is 21.8. The maximum atomic E-state index is 8.99. The van der Waals surface area contributed by atoms with Gasteiger partial charge in [-0.25, -0.2) is 0 Å². The molecule has 1 heterocycles. The van der Waals surface area contributed by atoms with Crippen LogP contribution in [0.1, 0.15) is 37.3 Å². The van der Waals surface area contributed by atoms with Crippen LogP contribution in [0.2, 0.25) is 0 Å². The molecule has 1 aromatic rings. The van der Waals surface area contributed by atoms with Crippen LogP contribution in [-0.2, 0) is 0 Å². The number of nitrogens with zero attached hydrogens (tertiary/aromatic N) is 2. The molecule has 1 aliphatic rings. The third-order valence-electron chi connectivity index (χ3n) is 4.02. The van der Waals surface area contributed by atoms with Gasteiger partial charge in [-0.05, 0) is 32.0 Å². The van der Waals surface area contributed by atoms with Crippen LogP contribution in [0.4, 0.5) is 0 Å². The van der Waals surface area contributed by atoms with Gasteiger partial charge in [-0.15, -0.1) is 0 Å². The van der Waals surface area contributed by atoms with Gasteiger partial charge >= 0.3 is 0 Å². The molecule has 1 fully saturated rings. The summed E-state index contributed by atoms with van der Waals surface area (Å²) in [5, 5.41) is 12.6. The van der Waals surface area contributed by atoms with E-state index in [1.807, 2.05) is 18.2 Å². The summed E-state index contributed by atoms with van der Waals surface area (Å²) < 4.78 is 0. The van der Waals surface area contributed by atoms with E-state index in [4.69, 9.17) is 5.26 Å². The van der Waals surface area contributed by atoms with Crippen molar-refractivity contribution < 1.29 is 0 Å². The van der Waals surface area contributed by atoms with E-state index in [1.54, 1.807) is 0 Å². The van der Waals surface area contributed by atoms with Gasteiger partial charge < -0.3 is 10.2 Å². The van der Waals surface area contributed by atoms with Crippen molar-refractivity contribution >= 4 is 0 Å². The number of benzene rings is 1. The van der Waals surface area contributed by atoms with Gasteiger partial charge in [-0.3, -0.25) is 0 Å². The molecule has 0 radical (unpaired) electrons. The lowest BCUT2D eigenvalue weighted by atomic mass is 10.0. The number of piperidine rings is 1. The molecule has 2 unspecified atom stereocenters. The highest BCUT2D eigenvalue weighted by Gasteiger charge is 2.20. The van der Waals surface area contributed by atoms with Crippen molar-refractivity contribution in [3.8, 4) is 6.07 Å². The molecule has 3 heteroatoms. The zero-order valence-corrected chi connectivity index (χ0v) is 11.7. The van der Waals surface area contributed by atoms with E-state index >= 15 is 0 Å². The maximum Gasteiger partial charge on any atom is 0.0641 e. The van der Waals surface area contributed by atoms with Gasteiger partial charge in [0.2, 0.25) is 0 Å². The Labute approximate surface area is 116 Å². The van der Waals surface area contributed by atoms with E-state index < -0.39 is 0 Å². The summed E-state index contributed by atoms with van der Waals surface area (Å²) in [6.07, 6.45) is 4.43. The van der Waals surface area contributed by atoms with E-state index in [2.05, 4.69) is 35.5 Å². The molecule has 2 atom stereocenters. The van der Waals surface area contributed by atoms with Gasteiger partial charge in [0.05, 0.1) is 12.5 Å². The van der Waals surface area contributed by atoms with Crippen molar-refractivity contribution in [1.29, 1.82) is 5.26 Å². The third kappa shape index (κ3) is 4.05. The minimum absolute atomic E-state index is 0.154. The lowest BCUT2D eigenvalue weighted by molar-refractivity contribution is 0.178. The van der Waals surface area contributed by atoms with E-state index in [0.29, 0.717) is 12.5 Å². The largest absolute Gasteiger partial charge is 0.307 e. The van der Waals surface area contributed by atoms with E-state index in [0.717, 1.165) is 6.54 Å². The first-order chi connectivity index (χ1) is 9.31. The summed E-state index contributed by atoms with van der Waals surface area (Å²) in [4.78, 5) is 2.44. The maximum absolute atomic E-state index is 8.99. The zero-order chi connectivity index (χ0) is 13.5. The first kappa shape index (κ1) is 14.0. The van der Waals surface area contributed by atoms with Gasteiger partial charge in [0.1, 0.15) is 0 Å². The Morgan fingerprint density at radius 2 is 2.16 bits per heavy atom. The standard InChI is InChI=1S/C16H23N3/c1-19-12-6-5-9-15(19)13-18-16(10-11-17)14-7-3-2-4-8-14/h2-4,7-8,15-16,18H,5-6,9-10,12-13H2,1H3. The molecule has 0 spiro atoms. The molecule has 1 saturated heterocycles. The van der Waals surface area contributed by atoms with Crippen LogP contribution in [0, 0.1) is 11.3 Å². The summed E-state index contributed by atoms with van der Waals surface area (Å²) in [7, 11) is 2.20. The number of hydrogen-bond donors (Lipinski definition) is 1. The molecule has 0 aliphatic carbocycles. The van der Waals surface area contributed by atoms with Crippen LogP contribution < -0.4 is 5.32 Å². The third-order valence-corrected chi connectivity index (χ3v) is 4.02. The Hall–Kier alpha value is -1.37. The van der Waals surface area contributed by atoms with Crippen LogP contribution in [-0.4, -0.2) is 31.1 Å². The SMILES string of the molecule is CN1CCCCC1CNC(CC#N)c1ccccc1. The molecule has 19 heavy (non-hydrogen) atoms. The van der Waals surface area contributed by atoms with Crippen molar-refractivity contribution in [1.82, 2.24) is 10.2 Å². The van der Waals surface area contributed by atoms with Crippen LogP contribution in [0.5, 0.6) is 0 Å². The Balaban J connectivity index is 1.92. The first-order valence-electron chi connectivity index (χ1n) is 7.17. The summed E-state index contributed by atoms with van der Waals surface area (Å²) in [6.45, 7) is 2.17. The lowest BCUT2D eigenvalue weighted by Crippen LogP contribution is -2.43. The molecular formula is C16H23N3. The Morgan fingerprint density at radius 3 is 2.84 bits per heavy atom. The molecule has 0 amide bonds. The fourth-order valence-electron chi connectivity index (χ4n) is 2.76. The van der Waals surface area contributed by atoms with Gasteiger partial charge in [-0.1, -0.05) is 36.8 Å². The summed E-state index contributed by atoms with van der Waals surface area (Å²) in [6, 6.07) is 13.3. The van der Waals surface area contributed by atoms with Crippen LogP contribution in [0.15, 0.2) is 30.3 Å². The van der Waals surface area contributed by atoms with Crippen molar-refractivity contribution in [2.75, 3.05) is 20.1 Å². The lowest BCUT2D eigenvalue weighted by Gasteiger charge is -2.33. The number of likely N-dealkylation sites (N-methyl/N-ethyl adjacent to an activating group) is 1. The Morgan fingerprint density at radius 1 is 1.37 bits per heavy atom. The number of nitriles is 1. The van der Waals surface area contributed by atoms with Crippen molar-refractivity contribution in [3.63, 3.8) is 0 Å². The van der Waals surface area contributed by atoms with E-state index in [9.17, 15) is 0 Å². The monoisotopic (exact) mass is 257 g/mol. The highest BCUT2D eigenvalue weighted by atomic mass is 15.2. The molecule has 0 aromatic heterocycles. The second kappa shape index (κ2) is 7.28. The molecular weight excluding hydrogens is 234 g/mol. The van der Waals surface area contributed by atoms with Crippen molar-refractivity contribution in [2.45, 2.75) is 37.8 Å². The number of likely N-dealkylation sites (tertiary alicyclic amines) is 1. The minimum Gasteiger partial charge on any atom is -0.307 e. The first-order valence-corrected chi connectivity index (χ1v) is 7.17. The fourth-order valence-corrected chi connectivity index (χ4v) is 2.76. The number of hydrogen-bond acceptors (Lipinski definition) is 3. The van der Waals surface area contributed by atoms with E-state index in [-0.39, 0.29) is 6.04 Å². The van der Waals surface area contributed by atoms with E-state index in [1.165, 1.54) is 31.4 Å². The second-order valence-corrected chi connectivity index (χ2v) is 5.36. The Bertz CT molecular complexity index is 410.